The third-order valence-electron chi connectivity index (χ3n) is 1.28. The minimum Gasteiger partial charge on any atom is -0.330 e. The molecule has 0 radical (unpaired) electrons. The molecule has 0 saturated heterocycles. The lowest BCUT2D eigenvalue weighted by molar-refractivity contribution is 0.119. The minimum atomic E-state index is -2.44. The Kier molecular flexibility index (Phi) is 3.03. The van der Waals surface area contributed by atoms with Gasteiger partial charge in [0.25, 0.3) is 6.43 Å². The van der Waals surface area contributed by atoms with E-state index in [1.807, 2.05) is 0 Å². The average molecular weight is 177 g/mol. The van der Waals surface area contributed by atoms with Gasteiger partial charge in [0.15, 0.2) is 5.82 Å². The molecule has 1 aromatic rings. The molecular formula is C5H9F2N5. The average Bonchev–Trinajstić information content (AvgIpc) is 2.37. The number of nitrogens with two attached hydrogens (primary N) is 1. The molecule has 0 spiro atoms. The summed E-state index contributed by atoms with van der Waals surface area (Å²) in [6.07, 6.45) is -2.02. The Morgan fingerprint density at radius 3 is 2.83 bits per heavy atom. The second-order valence-electron chi connectivity index (χ2n) is 2.21. The van der Waals surface area contributed by atoms with Crippen LogP contribution in [0.5, 0.6) is 0 Å². The Morgan fingerprint density at radius 1 is 1.50 bits per heavy atom. The molecule has 0 aliphatic heterocycles. The molecule has 2 N–H and O–H groups in total. The van der Waals surface area contributed by atoms with Crippen LogP contribution in [0.15, 0.2) is 0 Å². The second kappa shape index (κ2) is 4.05. The van der Waals surface area contributed by atoms with Gasteiger partial charge in [-0.1, -0.05) is 0 Å². The molecule has 12 heavy (non-hydrogen) atoms. The van der Waals surface area contributed by atoms with Crippen molar-refractivity contribution < 1.29 is 8.78 Å². The summed E-state index contributed by atoms with van der Waals surface area (Å²) in [7, 11) is 0. The number of rotatable bonds is 4. The summed E-state index contributed by atoms with van der Waals surface area (Å²) in [6, 6.07) is 0. The SMILES string of the molecule is NCCc1nnnn1CC(F)F. The fraction of sp³-hybridized carbons (Fsp3) is 0.800. The highest BCUT2D eigenvalue weighted by atomic mass is 19.3. The van der Waals surface area contributed by atoms with Crippen LogP contribution in [0, 0.1) is 0 Å². The van der Waals surface area contributed by atoms with Gasteiger partial charge in [-0.3, -0.25) is 0 Å². The van der Waals surface area contributed by atoms with E-state index in [4.69, 9.17) is 5.73 Å². The molecule has 0 atom stereocenters. The Bertz CT molecular complexity index is 235. The molecule has 1 rings (SSSR count). The summed E-state index contributed by atoms with van der Waals surface area (Å²) >= 11 is 0. The van der Waals surface area contributed by atoms with E-state index in [9.17, 15) is 8.78 Å². The first-order chi connectivity index (χ1) is 5.74. The highest BCUT2D eigenvalue weighted by molar-refractivity contribution is 4.81. The van der Waals surface area contributed by atoms with Gasteiger partial charge in [0.05, 0.1) is 0 Å². The summed E-state index contributed by atoms with van der Waals surface area (Å²) in [5.74, 6) is 0.401. The van der Waals surface area contributed by atoms with Crippen molar-refractivity contribution in [3.8, 4) is 0 Å². The van der Waals surface area contributed by atoms with Gasteiger partial charge in [-0.2, -0.15) is 0 Å². The first-order valence-electron chi connectivity index (χ1n) is 3.47. The van der Waals surface area contributed by atoms with Crippen LogP contribution in [0.2, 0.25) is 0 Å². The summed E-state index contributed by atoms with van der Waals surface area (Å²) in [5, 5.41) is 10.2. The molecule has 0 amide bonds. The van der Waals surface area contributed by atoms with E-state index in [2.05, 4.69) is 15.5 Å². The van der Waals surface area contributed by atoms with Crippen molar-refractivity contribution in [1.29, 1.82) is 0 Å². The topological polar surface area (TPSA) is 69.6 Å². The van der Waals surface area contributed by atoms with Crippen molar-refractivity contribution in [1.82, 2.24) is 20.2 Å². The minimum absolute atomic E-state index is 0.351. The highest BCUT2D eigenvalue weighted by Crippen LogP contribution is 1.99. The van der Waals surface area contributed by atoms with Crippen LogP contribution in [-0.4, -0.2) is 33.2 Å². The quantitative estimate of drug-likeness (QED) is 0.669. The van der Waals surface area contributed by atoms with Crippen LogP contribution in [0.1, 0.15) is 5.82 Å². The van der Waals surface area contributed by atoms with E-state index in [-0.39, 0.29) is 0 Å². The van der Waals surface area contributed by atoms with E-state index in [1.54, 1.807) is 0 Å². The van der Waals surface area contributed by atoms with Crippen molar-refractivity contribution >= 4 is 0 Å². The molecule has 0 fully saturated rings. The van der Waals surface area contributed by atoms with Gasteiger partial charge in [0, 0.05) is 6.42 Å². The monoisotopic (exact) mass is 177 g/mol. The molecule has 0 unspecified atom stereocenters. The summed E-state index contributed by atoms with van der Waals surface area (Å²) in [4.78, 5) is 0. The molecular weight excluding hydrogens is 168 g/mol. The zero-order valence-corrected chi connectivity index (χ0v) is 6.32. The van der Waals surface area contributed by atoms with Crippen LogP contribution in [0.25, 0.3) is 0 Å². The Balaban J connectivity index is 2.63. The number of halogens is 2. The lowest BCUT2D eigenvalue weighted by Gasteiger charge is -2.01. The maximum atomic E-state index is 11.9. The smallest absolute Gasteiger partial charge is 0.258 e. The van der Waals surface area contributed by atoms with Crippen molar-refractivity contribution in [3.63, 3.8) is 0 Å². The van der Waals surface area contributed by atoms with Crippen molar-refractivity contribution in [2.24, 2.45) is 5.73 Å². The summed E-state index contributed by atoms with van der Waals surface area (Å²) < 4.78 is 24.8. The predicted octanol–water partition coefficient (Wildman–Crippen LogP) is -0.561. The summed E-state index contributed by atoms with van der Waals surface area (Å²) in [5.41, 5.74) is 5.22. The third kappa shape index (κ3) is 2.19. The maximum Gasteiger partial charge on any atom is 0.258 e. The van der Waals surface area contributed by atoms with E-state index in [0.29, 0.717) is 18.8 Å². The number of aromatic nitrogens is 4. The van der Waals surface area contributed by atoms with Crippen molar-refractivity contribution in [2.75, 3.05) is 6.54 Å². The molecule has 7 heteroatoms. The number of hydrogen-bond acceptors (Lipinski definition) is 4. The molecule has 0 aromatic carbocycles. The van der Waals surface area contributed by atoms with Crippen LogP contribution in [-0.2, 0) is 13.0 Å². The van der Waals surface area contributed by atoms with E-state index >= 15 is 0 Å². The van der Waals surface area contributed by atoms with Gasteiger partial charge in [-0.15, -0.1) is 5.10 Å². The first-order valence-corrected chi connectivity index (χ1v) is 3.47. The fourth-order valence-corrected chi connectivity index (χ4v) is 0.804. The number of nitrogens with zero attached hydrogens (tertiary/aromatic N) is 4. The maximum absolute atomic E-state index is 11.9. The van der Waals surface area contributed by atoms with Gasteiger partial charge in [0.1, 0.15) is 6.54 Å². The fourth-order valence-electron chi connectivity index (χ4n) is 0.804. The number of hydrogen-bond donors (Lipinski definition) is 1. The summed E-state index contributed by atoms with van der Waals surface area (Å²) in [6.45, 7) is -0.119. The second-order valence-corrected chi connectivity index (χ2v) is 2.21. The Hall–Kier alpha value is -1.11. The van der Waals surface area contributed by atoms with Crippen LogP contribution < -0.4 is 5.73 Å². The van der Waals surface area contributed by atoms with Crippen LogP contribution in [0.3, 0.4) is 0 Å². The number of tetrazole rings is 1. The zero-order chi connectivity index (χ0) is 8.97. The highest BCUT2D eigenvalue weighted by Gasteiger charge is 2.09. The molecule has 0 bridgehead atoms. The lowest BCUT2D eigenvalue weighted by atomic mass is 10.4. The van der Waals surface area contributed by atoms with Gasteiger partial charge >= 0.3 is 0 Å². The largest absolute Gasteiger partial charge is 0.330 e. The van der Waals surface area contributed by atoms with Crippen molar-refractivity contribution in [2.45, 2.75) is 19.4 Å². The van der Waals surface area contributed by atoms with E-state index in [0.717, 1.165) is 4.68 Å². The molecule has 0 aliphatic carbocycles. The normalized spacial score (nSPS) is 11.0. The third-order valence-corrected chi connectivity index (χ3v) is 1.28. The first kappa shape index (κ1) is 8.98. The van der Waals surface area contributed by atoms with Crippen LogP contribution >= 0.6 is 0 Å². The van der Waals surface area contributed by atoms with Gasteiger partial charge < -0.3 is 5.73 Å². The van der Waals surface area contributed by atoms with Gasteiger partial charge in [-0.25, -0.2) is 13.5 Å². The molecule has 0 saturated carbocycles. The van der Waals surface area contributed by atoms with E-state index < -0.39 is 13.0 Å². The van der Waals surface area contributed by atoms with Gasteiger partial charge in [-0.05, 0) is 17.0 Å². The number of alkyl halides is 2. The molecule has 5 nitrogen and oxygen atoms in total. The molecule has 1 aromatic heterocycles. The zero-order valence-electron chi connectivity index (χ0n) is 6.32. The Labute approximate surface area is 67.5 Å². The standard InChI is InChI=1S/C5H9F2N5/c6-4(7)3-12-5(1-2-8)9-10-11-12/h4H,1-3,8H2. The Morgan fingerprint density at radius 2 is 2.25 bits per heavy atom. The van der Waals surface area contributed by atoms with E-state index in [1.165, 1.54) is 0 Å². The van der Waals surface area contributed by atoms with Gasteiger partial charge in [0.2, 0.25) is 0 Å². The molecule has 1 heterocycles. The molecule has 0 aliphatic rings. The van der Waals surface area contributed by atoms with Crippen molar-refractivity contribution in [3.05, 3.63) is 5.82 Å². The lowest BCUT2D eigenvalue weighted by Crippen LogP contribution is -2.14. The molecule has 68 valence electrons. The van der Waals surface area contributed by atoms with Crippen LogP contribution in [0.4, 0.5) is 8.78 Å². The predicted molar refractivity (Wildman–Crippen MR) is 36.6 cm³/mol.